The molecule has 0 unspecified atom stereocenters. The highest BCUT2D eigenvalue weighted by Crippen LogP contribution is 2.19. The Kier molecular flexibility index (Phi) is 3.96. The summed E-state index contributed by atoms with van der Waals surface area (Å²) in [5.41, 5.74) is 5.79. The van der Waals surface area contributed by atoms with Crippen molar-refractivity contribution in [2.45, 2.75) is 18.9 Å². The summed E-state index contributed by atoms with van der Waals surface area (Å²) < 4.78 is 4.93. The van der Waals surface area contributed by atoms with Crippen LogP contribution in [-0.2, 0) is 4.79 Å². The van der Waals surface area contributed by atoms with Crippen LogP contribution in [0.1, 0.15) is 23.2 Å². The van der Waals surface area contributed by atoms with Gasteiger partial charge in [0.05, 0.1) is 25.0 Å². The van der Waals surface area contributed by atoms with Crippen LogP contribution in [-0.4, -0.2) is 36.5 Å². The number of ether oxygens (including phenoxy) is 1. The van der Waals surface area contributed by atoms with Crippen molar-refractivity contribution in [2.24, 2.45) is 5.73 Å². The number of rotatable bonds is 4. The molecule has 2 heterocycles. The van der Waals surface area contributed by atoms with Crippen LogP contribution in [0, 0.1) is 0 Å². The molecule has 4 N–H and O–H groups in total. The first-order valence-electron chi connectivity index (χ1n) is 6.00. The maximum absolute atomic E-state index is 11.9. The van der Waals surface area contributed by atoms with E-state index in [9.17, 15) is 9.59 Å². The van der Waals surface area contributed by atoms with E-state index in [1.807, 2.05) is 0 Å². The zero-order chi connectivity index (χ0) is 13.8. The number of nitrogens with two attached hydrogens (primary N) is 1. The van der Waals surface area contributed by atoms with Gasteiger partial charge in [-0.05, 0) is 25.5 Å². The third kappa shape index (κ3) is 3.00. The highest BCUT2D eigenvalue weighted by Gasteiger charge is 2.22. The van der Waals surface area contributed by atoms with Gasteiger partial charge in [0.2, 0.25) is 11.8 Å². The first-order valence-corrected chi connectivity index (χ1v) is 6.00. The fourth-order valence-electron chi connectivity index (χ4n) is 2.00. The molecule has 0 radical (unpaired) electrons. The molecule has 1 saturated heterocycles. The van der Waals surface area contributed by atoms with Crippen LogP contribution in [0.25, 0.3) is 0 Å². The van der Waals surface area contributed by atoms with E-state index in [2.05, 4.69) is 15.6 Å². The van der Waals surface area contributed by atoms with Gasteiger partial charge in [-0.3, -0.25) is 9.59 Å². The number of carbonyl (C=O) groups excluding carboxylic acids is 2. The molecule has 7 heteroatoms. The molecule has 0 spiro atoms. The number of anilines is 1. The molecule has 0 bridgehead atoms. The van der Waals surface area contributed by atoms with E-state index >= 15 is 0 Å². The lowest BCUT2D eigenvalue weighted by Crippen LogP contribution is -2.35. The number of nitrogens with zero attached hydrogens (tertiary/aromatic N) is 1. The molecular formula is C12H16N4O3. The maximum Gasteiger partial charge on any atom is 0.254 e. The lowest BCUT2D eigenvalue weighted by molar-refractivity contribution is -0.117. The maximum atomic E-state index is 11.9. The molecule has 1 aliphatic rings. The standard InChI is InChI=1S/C12H16N4O3/c1-19-12-8(10(13)17)5-7(6-15-12)16-11(18)9-3-2-4-14-9/h5-6,9,14H,2-4H2,1H3,(H2,13,17)(H,16,18)/t9-/m1/s1. The van der Waals surface area contributed by atoms with Crippen LogP contribution in [0.5, 0.6) is 5.88 Å². The summed E-state index contributed by atoms with van der Waals surface area (Å²) in [5, 5.41) is 5.79. The van der Waals surface area contributed by atoms with Gasteiger partial charge in [0.15, 0.2) is 0 Å². The van der Waals surface area contributed by atoms with Crippen molar-refractivity contribution in [2.75, 3.05) is 19.0 Å². The lowest BCUT2D eigenvalue weighted by Gasteiger charge is -2.12. The fraction of sp³-hybridized carbons (Fsp3) is 0.417. The quantitative estimate of drug-likeness (QED) is 0.703. The molecule has 19 heavy (non-hydrogen) atoms. The van der Waals surface area contributed by atoms with Gasteiger partial charge in [-0.15, -0.1) is 0 Å². The van der Waals surface area contributed by atoms with Crippen molar-refractivity contribution in [1.29, 1.82) is 0 Å². The Balaban J connectivity index is 2.14. The molecule has 0 saturated carbocycles. The summed E-state index contributed by atoms with van der Waals surface area (Å²) in [6.45, 7) is 0.839. The number of carbonyl (C=O) groups is 2. The summed E-state index contributed by atoms with van der Waals surface area (Å²) in [6.07, 6.45) is 3.21. The topological polar surface area (TPSA) is 106 Å². The summed E-state index contributed by atoms with van der Waals surface area (Å²) in [6, 6.07) is 1.26. The SMILES string of the molecule is COc1ncc(NC(=O)[C@H]2CCCN2)cc1C(N)=O. The number of hydrogen-bond donors (Lipinski definition) is 3. The zero-order valence-electron chi connectivity index (χ0n) is 10.6. The van der Waals surface area contributed by atoms with Gasteiger partial charge in [-0.1, -0.05) is 0 Å². The lowest BCUT2D eigenvalue weighted by atomic mass is 10.2. The van der Waals surface area contributed by atoms with Crippen LogP contribution < -0.4 is 21.1 Å². The van der Waals surface area contributed by atoms with E-state index in [4.69, 9.17) is 10.5 Å². The molecular weight excluding hydrogens is 248 g/mol. The number of amides is 2. The predicted octanol–water partition coefficient (Wildman–Crippen LogP) is -0.120. The van der Waals surface area contributed by atoms with E-state index in [1.165, 1.54) is 19.4 Å². The van der Waals surface area contributed by atoms with Crippen molar-refractivity contribution < 1.29 is 14.3 Å². The average Bonchev–Trinajstić information content (AvgIpc) is 2.92. The van der Waals surface area contributed by atoms with E-state index in [-0.39, 0.29) is 23.4 Å². The second kappa shape index (κ2) is 5.66. The molecule has 102 valence electrons. The number of aromatic nitrogens is 1. The van der Waals surface area contributed by atoms with Crippen LogP contribution in [0.15, 0.2) is 12.3 Å². The van der Waals surface area contributed by atoms with E-state index in [0.29, 0.717) is 5.69 Å². The van der Waals surface area contributed by atoms with Crippen molar-refractivity contribution in [3.05, 3.63) is 17.8 Å². The minimum Gasteiger partial charge on any atom is -0.480 e. The van der Waals surface area contributed by atoms with Gasteiger partial charge in [0, 0.05) is 0 Å². The molecule has 1 aliphatic heterocycles. The monoisotopic (exact) mass is 264 g/mol. The van der Waals surface area contributed by atoms with Crippen LogP contribution >= 0.6 is 0 Å². The van der Waals surface area contributed by atoms with Gasteiger partial charge in [-0.25, -0.2) is 4.98 Å². The second-order valence-corrected chi connectivity index (χ2v) is 4.28. The van der Waals surface area contributed by atoms with E-state index in [0.717, 1.165) is 19.4 Å². The minimum absolute atomic E-state index is 0.139. The highest BCUT2D eigenvalue weighted by atomic mass is 16.5. The van der Waals surface area contributed by atoms with Crippen molar-refractivity contribution >= 4 is 17.5 Å². The van der Waals surface area contributed by atoms with Gasteiger partial charge >= 0.3 is 0 Å². The first kappa shape index (κ1) is 13.3. The fourth-order valence-corrected chi connectivity index (χ4v) is 2.00. The van der Waals surface area contributed by atoms with Gasteiger partial charge in [-0.2, -0.15) is 0 Å². The number of pyridine rings is 1. The predicted molar refractivity (Wildman–Crippen MR) is 69.0 cm³/mol. The van der Waals surface area contributed by atoms with Gasteiger partial charge < -0.3 is 21.1 Å². The van der Waals surface area contributed by atoms with E-state index in [1.54, 1.807) is 0 Å². The molecule has 1 fully saturated rings. The summed E-state index contributed by atoms with van der Waals surface area (Å²) in [7, 11) is 1.40. The Hall–Kier alpha value is -2.15. The Morgan fingerprint density at radius 2 is 2.37 bits per heavy atom. The zero-order valence-corrected chi connectivity index (χ0v) is 10.6. The molecule has 1 aromatic heterocycles. The summed E-state index contributed by atoms with van der Waals surface area (Å²) >= 11 is 0. The third-order valence-corrected chi connectivity index (χ3v) is 2.95. The second-order valence-electron chi connectivity index (χ2n) is 4.28. The molecule has 0 aliphatic carbocycles. The Labute approximate surface area is 110 Å². The molecule has 2 amide bonds. The molecule has 7 nitrogen and oxygen atoms in total. The minimum atomic E-state index is -0.653. The molecule has 2 rings (SSSR count). The third-order valence-electron chi connectivity index (χ3n) is 2.95. The van der Waals surface area contributed by atoms with Gasteiger partial charge in [0.1, 0.15) is 5.56 Å². The van der Waals surface area contributed by atoms with Crippen molar-refractivity contribution in [1.82, 2.24) is 10.3 Å². The molecule has 1 atom stereocenters. The molecule has 1 aromatic rings. The Morgan fingerprint density at radius 3 is 2.95 bits per heavy atom. The first-order chi connectivity index (χ1) is 9.11. The van der Waals surface area contributed by atoms with Crippen molar-refractivity contribution in [3.8, 4) is 5.88 Å². The van der Waals surface area contributed by atoms with Crippen LogP contribution in [0.4, 0.5) is 5.69 Å². The Morgan fingerprint density at radius 1 is 1.58 bits per heavy atom. The summed E-state index contributed by atoms with van der Waals surface area (Å²) in [5.74, 6) is -0.649. The van der Waals surface area contributed by atoms with Crippen molar-refractivity contribution in [3.63, 3.8) is 0 Å². The number of primary amides is 1. The smallest absolute Gasteiger partial charge is 0.254 e. The number of nitrogens with one attached hydrogen (secondary N) is 2. The Bertz CT molecular complexity index is 498. The highest BCUT2D eigenvalue weighted by molar-refractivity contribution is 5.99. The summed E-state index contributed by atoms with van der Waals surface area (Å²) in [4.78, 5) is 27.1. The number of hydrogen-bond acceptors (Lipinski definition) is 5. The van der Waals surface area contributed by atoms with Crippen LogP contribution in [0.3, 0.4) is 0 Å². The van der Waals surface area contributed by atoms with Crippen LogP contribution in [0.2, 0.25) is 0 Å². The van der Waals surface area contributed by atoms with E-state index < -0.39 is 5.91 Å². The average molecular weight is 264 g/mol. The largest absolute Gasteiger partial charge is 0.480 e. The van der Waals surface area contributed by atoms with Gasteiger partial charge in [0.25, 0.3) is 5.91 Å². The number of methoxy groups -OCH3 is 1. The molecule has 0 aromatic carbocycles. The normalized spacial score (nSPS) is 18.1.